The molecule has 1 aliphatic carbocycles. The average molecular weight is 813 g/mol. The molecule has 0 radical (unpaired) electrons. The van der Waals surface area contributed by atoms with Gasteiger partial charge in [-0.15, -0.1) is 0 Å². The third kappa shape index (κ3) is 7.81. The van der Waals surface area contributed by atoms with Crippen molar-refractivity contribution in [2.75, 3.05) is 0 Å². The fourth-order valence-electron chi connectivity index (χ4n) is 7.96. The van der Waals surface area contributed by atoms with Crippen molar-refractivity contribution < 1.29 is 44.2 Å². The van der Waals surface area contributed by atoms with Gasteiger partial charge in [0, 0.05) is 40.6 Å². The van der Waals surface area contributed by atoms with Gasteiger partial charge in [-0.1, -0.05) is 52.7 Å². The lowest BCUT2D eigenvalue weighted by Crippen LogP contribution is -2.27. The number of phenols is 5. The highest BCUT2D eigenvalue weighted by molar-refractivity contribution is 5.95. The van der Waals surface area contributed by atoms with Crippen molar-refractivity contribution in [1.82, 2.24) is 0 Å². The zero-order chi connectivity index (χ0) is 43.3. The van der Waals surface area contributed by atoms with Crippen LogP contribution in [0.25, 0.3) is 33.3 Å². The fraction of sp³-hybridized carbons (Fsp3) is 0.300. The van der Waals surface area contributed by atoms with E-state index in [-0.39, 0.29) is 75.4 Å². The maximum atomic E-state index is 13.9. The van der Waals surface area contributed by atoms with Crippen molar-refractivity contribution in [2.24, 2.45) is 0 Å². The summed E-state index contributed by atoms with van der Waals surface area (Å²) in [7, 11) is 0. The maximum absolute atomic E-state index is 13.9. The number of rotatable bonds is 11. The number of fused-ring (bicyclic) bond motifs is 6. The van der Waals surface area contributed by atoms with Gasteiger partial charge < -0.3 is 44.2 Å². The average Bonchev–Trinajstić information content (AvgIpc) is 3.72. The Labute approximate surface area is 348 Å². The highest BCUT2D eigenvalue weighted by Crippen LogP contribution is 2.51. The molecule has 6 N–H and O–H groups in total. The van der Waals surface area contributed by atoms with E-state index in [9.17, 15) is 35.4 Å². The number of benzene rings is 3. The van der Waals surface area contributed by atoms with Gasteiger partial charge in [0.25, 0.3) is 0 Å². The number of allylic oxidation sites excluding steroid dienone is 9. The molecule has 2 aromatic heterocycles. The van der Waals surface area contributed by atoms with Crippen LogP contribution in [-0.4, -0.2) is 36.7 Å². The monoisotopic (exact) mass is 812 g/mol. The summed E-state index contributed by atoms with van der Waals surface area (Å²) in [4.78, 5) is 13.9. The molecule has 3 aromatic carbocycles. The van der Waals surface area contributed by atoms with Crippen LogP contribution in [0.1, 0.15) is 95.5 Å². The van der Waals surface area contributed by atoms with Gasteiger partial charge in [0.1, 0.15) is 51.8 Å². The maximum Gasteiger partial charge on any atom is 0.344 e. The minimum Gasteiger partial charge on any atom is -0.508 e. The van der Waals surface area contributed by atoms with Crippen LogP contribution in [0.15, 0.2) is 114 Å². The number of hydrogen-bond acceptors (Lipinski definition) is 10. The predicted molar refractivity (Wildman–Crippen MR) is 235 cm³/mol. The molecule has 2 atom stereocenters. The predicted octanol–water partition coefficient (Wildman–Crippen LogP) is 11.5. The molecule has 0 saturated heterocycles. The molecule has 0 spiro atoms. The van der Waals surface area contributed by atoms with E-state index in [2.05, 4.69) is 0 Å². The summed E-state index contributed by atoms with van der Waals surface area (Å²) in [6.07, 6.45) is 10.3. The van der Waals surface area contributed by atoms with E-state index in [1.165, 1.54) is 18.2 Å². The number of furan rings is 1. The molecule has 3 heterocycles. The molecule has 10 heteroatoms. The van der Waals surface area contributed by atoms with E-state index in [0.29, 0.717) is 69.2 Å². The molecule has 2 aliphatic rings. The Balaban J connectivity index is 1.47. The van der Waals surface area contributed by atoms with Crippen molar-refractivity contribution in [3.63, 3.8) is 0 Å². The molecular weight excluding hydrogens is 761 g/mol. The number of aliphatic hydroxyl groups excluding tert-OH is 1. The fourth-order valence-corrected chi connectivity index (χ4v) is 7.96. The van der Waals surface area contributed by atoms with E-state index < -0.39 is 17.6 Å². The lowest BCUT2D eigenvalue weighted by Gasteiger charge is -2.27. The Kier molecular flexibility index (Phi) is 11.3. The molecule has 10 nitrogen and oxygen atoms in total. The van der Waals surface area contributed by atoms with Crippen molar-refractivity contribution >= 4 is 21.9 Å². The van der Waals surface area contributed by atoms with Crippen LogP contribution >= 0.6 is 0 Å². The standard InChI is InChI=1S/C50H52O10/c1-24(2)9-13-28-17-35(40(53)22-38(28)51)48-33(34-21-41(54)45(56)32(46(34)59-48)16-12-27(7)8)19-30-20-37-43-49(60-47(37)31(44(30)55)15-11-26(5)6)36-18-29(14-10-25(3)4)39(52)23-42(36)58-50(43)57/h9-12,17-18,20-23,37,47,51-56H,13-16,19H2,1-8H3/t37-,47-/m1/s1. The van der Waals surface area contributed by atoms with Crippen molar-refractivity contribution in [3.05, 3.63) is 138 Å². The Bertz CT molecular complexity index is 2820. The van der Waals surface area contributed by atoms with Gasteiger partial charge in [0.2, 0.25) is 0 Å². The first-order chi connectivity index (χ1) is 28.4. The molecule has 0 bridgehead atoms. The number of ether oxygens (including phenoxy) is 1. The Hall–Kier alpha value is -6.55. The van der Waals surface area contributed by atoms with Crippen LogP contribution in [0.2, 0.25) is 0 Å². The Morgan fingerprint density at radius 1 is 0.633 bits per heavy atom. The molecule has 1 aliphatic heterocycles. The lowest BCUT2D eigenvalue weighted by atomic mass is 9.80. The minimum atomic E-state index is -0.751. The first-order valence-electron chi connectivity index (χ1n) is 20.1. The minimum absolute atomic E-state index is 0.000596. The highest BCUT2D eigenvalue weighted by atomic mass is 16.5. The second-order valence-electron chi connectivity index (χ2n) is 16.9. The van der Waals surface area contributed by atoms with Crippen LogP contribution in [0, 0.1) is 0 Å². The summed E-state index contributed by atoms with van der Waals surface area (Å²) in [5.74, 6) is -1.24. The van der Waals surface area contributed by atoms with Crippen molar-refractivity contribution in [2.45, 2.75) is 99.5 Å². The number of phenolic OH excluding ortho intramolecular Hbond substituents is 5. The molecular formula is C50H52O10. The molecule has 7 rings (SSSR count). The van der Waals surface area contributed by atoms with Crippen LogP contribution in [0.4, 0.5) is 0 Å². The summed E-state index contributed by atoms with van der Waals surface area (Å²) < 4.78 is 19.1. The lowest BCUT2D eigenvalue weighted by molar-refractivity contribution is 0.240. The highest BCUT2D eigenvalue weighted by Gasteiger charge is 2.44. The summed E-state index contributed by atoms with van der Waals surface area (Å²) in [5, 5.41) is 68.7. The first-order valence-corrected chi connectivity index (χ1v) is 20.1. The van der Waals surface area contributed by atoms with Gasteiger partial charge in [-0.3, -0.25) is 0 Å². The van der Waals surface area contributed by atoms with Crippen LogP contribution in [0.3, 0.4) is 0 Å². The third-order valence-electron chi connectivity index (χ3n) is 11.2. The van der Waals surface area contributed by atoms with E-state index in [1.54, 1.807) is 18.2 Å². The van der Waals surface area contributed by atoms with Crippen LogP contribution in [0.5, 0.6) is 34.5 Å². The zero-order valence-corrected chi connectivity index (χ0v) is 35.3. The van der Waals surface area contributed by atoms with Gasteiger partial charge >= 0.3 is 5.63 Å². The smallest absolute Gasteiger partial charge is 0.344 e. The zero-order valence-electron chi connectivity index (χ0n) is 35.3. The Morgan fingerprint density at radius 3 is 1.88 bits per heavy atom. The van der Waals surface area contributed by atoms with E-state index in [0.717, 1.165) is 22.3 Å². The first kappa shape index (κ1) is 41.6. The SMILES string of the molecule is CC(C)=CCC1=C(O)C(Cc2c(-c3cc(CC=C(C)C)c(O)cc3O)oc3c(CC=C(C)C)c(O)c(O)cc23)=C[C@@H]2c3c(c4cc(CC=C(C)C)c(O)cc4oc3=O)O[C@H]12. The largest absolute Gasteiger partial charge is 0.508 e. The van der Waals surface area contributed by atoms with Gasteiger partial charge in [0.15, 0.2) is 11.5 Å². The van der Waals surface area contributed by atoms with Crippen molar-refractivity contribution in [1.29, 1.82) is 0 Å². The van der Waals surface area contributed by atoms with E-state index in [4.69, 9.17) is 13.6 Å². The summed E-state index contributed by atoms with van der Waals surface area (Å²) in [5.41, 5.74) is 7.46. The quantitative estimate of drug-likeness (QED) is 0.0428. The second-order valence-corrected chi connectivity index (χ2v) is 16.9. The number of aromatic hydroxyl groups is 5. The van der Waals surface area contributed by atoms with Crippen LogP contribution in [-0.2, 0) is 25.7 Å². The second kappa shape index (κ2) is 16.2. The Morgan fingerprint density at radius 2 is 1.23 bits per heavy atom. The molecule has 5 aromatic rings. The number of aliphatic hydroxyl groups is 1. The molecule has 312 valence electrons. The molecule has 0 saturated carbocycles. The van der Waals surface area contributed by atoms with Crippen LogP contribution < -0.4 is 10.4 Å². The summed E-state index contributed by atoms with van der Waals surface area (Å²) in [6.45, 7) is 15.6. The van der Waals surface area contributed by atoms with E-state index in [1.807, 2.05) is 79.7 Å². The third-order valence-corrected chi connectivity index (χ3v) is 11.2. The summed E-state index contributed by atoms with van der Waals surface area (Å²) >= 11 is 0. The topological polar surface area (TPSA) is 174 Å². The van der Waals surface area contributed by atoms with Gasteiger partial charge in [-0.2, -0.15) is 0 Å². The molecule has 0 unspecified atom stereocenters. The summed E-state index contributed by atoms with van der Waals surface area (Å²) in [6, 6.07) is 7.54. The molecule has 0 amide bonds. The van der Waals surface area contributed by atoms with Gasteiger partial charge in [0.05, 0.1) is 22.4 Å². The van der Waals surface area contributed by atoms with Gasteiger partial charge in [-0.25, -0.2) is 4.79 Å². The molecule has 0 fully saturated rings. The van der Waals surface area contributed by atoms with Crippen molar-refractivity contribution in [3.8, 4) is 45.8 Å². The van der Waals surface area contributed by atoms with Gasteiger partial charge in [-0.05, 0) is 116 Å². The normalized spacial score (nSPS) is 15.6. The number of hydrogen-bond donors (Lipinski definition) is 6. The van der Waals surface area contributed by atoms with E-state index >= 15 is 0 Å². The molecule has 60 heavy (non-hydrogen) atoms.